The first-order valence-electron chi connectivity index (χ1n) is 9.55. The number of rotatable bonds is 4. The van der Waals surface area contributed by atoms with Crippen LogP contribution < -0.4 is 9.80 Å². The molecule has 2 fully saturated rings. The van der Waals surface area contributed by atoms with Crippen LogP contribution in [0.3, 0.4) is 0 Å². The molecular weight excluding hydrogens is 442 g/mol. The molecule has 2 saturated heterocycles. The van der Waals surface area contributed by atoms with E-state index in [1.807, 2.05) is 19.1 Å². The number of aryl methyl sites for hydroxylation is 1. The lowest BCUT2D eigenvalue weighted by Gasteiger charge is -2.35. The molecule has 0 unspecified atom stereocenters. The number of hydrogen-bond acceptors (Lipinski definition) is 6. The molecule has 0 amide bonds. The van der Waals surface area contributed by atoms with Crippen LogP contribution in [0.15, 0.2) is 39.7 Å². The highest BCUT2D eigenvalue weighted by Crippen LogP contribution is 2.27. The molecule has 0 radical (unpaired) electrons. The Morgan fingerprint density at radius 1 is 0.893 bits per heavy atom. The maximum Gasteiger partial charge on any atom is 0.244 e. The summed E-state index contributed by atoms with van der Waals surface area (Å²) in [5, 5.41) is 0. The fourth-order valence-corrected chi connectivity index (χ4v) is 6.14. The predicted octanol–water partition coefficient (Wildman–Crippen LogP) is 2.66. The molecular formula is C19H24BrN5O2S. The monoisotopic (exact) mass is 465 g/mol. The Balaban J connectivity index is 1.49. The molecule has 0 atom stereocenters. The van der Waals surface area contributed by atoms with E-state index in [0.29, 0.717) is 35.5 Å². The van der Waals surface area contributed by atoms with E-state index in [4.69, 9.17) is 0 Å². The lowest BCUT2D eigenvalue weighted by molar-refractivity contribution is 0.383. The smallest absolute Gasteiger partial charge is 0.244 e. The van der Waals surface area contributed by atoms with Gasteiger partial charge in [-0.2, -0.15) is 4.31 Å². The lowest BCUT2D eigenvalue weighted by Crippen LogP contribution is -2.49. The number of halogens is 1. The van der Waals surface area contributed by atoms with E-state index in [-0.39, 0.29) is 0 Å². The Kier molecular flexibility index (Phi) is 5.57. The molecule has 0 N–H and O–H groups in total. The minimum Gasteiger partial charge on any atom is -0.356 e. The lowest BCUT2D eigenvalue weighted by atomic mass is 10.3. The maximum atomic E-state index is 13.0. The third-order valence-corrected chi connectivity index (χ3v) is 8.17. The molecule has 0 saturated carbocycles. The Hall–Kier alpha value is -1.71. The molecule has 7 nitrogen and oxygen atoms in total. The summed E-state index contributed by atoms with van der Waals surface area (Å²) in [5.41, 5.74) is 0. The number of anilines is 2. The van der Waals surface area contributed by atoms with Gasteiger partial charge in [0.05, 0.1) is 4.90 Å². The van der Waals surface area contributed by atoms with Gasteiger partial charge in [-0.25, -0.2) is 18.4 Å². The van der Waals surface area contributed by atoms with Crippen LogP contribution in [0.2, 0.25) is 0 Å². The molecule has 1 aromatic heterocycles. The van der Waals surface area contributed by atoms with Gasteiger partial charge in [-0.1, -0.05) is 12.1 Å². The third-order valence-electron chi connectivity index (χ3n) is 5.26. The molecule has 0 bridgehead atoms. The molecule has 28 heavy (non-hydrogen) atoms. The van der Waals surface area contributed by atoms with Crippen LogP contribution in [0.25, 0.3) is 0 Å². The highest BCUT2D eigenvalue weighted by atomic mass is 79.9. The topological polar surface area (TPSA) is 69.6 Å². The third kappa shape index (κ3) is 3.88. The van der Waals surface area contributed by atoms with E-state index in [1.165, 1.54) is 12.8 Å². The number of aromatic nitrogens is 2. The summed E-state index contributed by atoms with van der Waals surface area (Å²) >= 11 is 3.36. The number of piperazine rings is 1. The fourth-order valence-electron chi connectivity index (χ4n) is 3.76. The summed E-state index contributed by atoms with van der Waals surface area (Å²) in [6.07, 6.45) is 2.40. The first-order valence-corrected chi connectivity index (χ1v) is 11.8. The van der Waals surface area contributed by atoms with Gasteiger partial charge >= 0.3 is 0 Å². The fraction of sp³-hybridized carbons (Fsp3) is 0.474. The molecule has 2 aliphatic heterocycles. The average molecular weight is 466 g/mol. The number of hydrogen-bond donors (Lipinski definition) is 0. The van der Waals surface area contributed by atoms with Gasteiger partial charge in [0, 0.05) is 49.8 Å². The zero-order valence-corrected chi connectivity index (χ0v) is 18.3. The van der Waals surface area contributed by atoms with Crippen LogP contribution in [-0.2, 0) is 10.0 Å². The van der Waals surface area contributed by atoms with Gasteiger partial charge in [0.2, 0.25) is 10.0 Å². The first kappa shape index (κ1) is 19.6. The molecule has 4 rings (SSSR count). The summed E-state index contributed by atoms with van der Waals surface area (Å²) in [6, 6.07) is 9.00. The number of sulfonamides is 1. The molecule has 0 aliphatic carbocycles. The zero-order valence-electron chi connectivity index (χ0n) is 15.9. The van der Waals surface area contributed by atoms with Crippen LogP contribution in [0, 0.1) is 6.92 Å². The Labute approximate surface area is 174 Å². The van der Waals surface area contributed by atoms with Gasteiger partial charge in [-0.05, 0) is 47.8 Å². The first-order chi connectivity index (χ1) is 13.4. The van der Waals surface area contributed by atoms with Crippen molar-refractivity contribution >= 4 is 37.6 Å². The summed E-state index contributed by atoms with van der Waals surface area (Å²) in [5.74, 6) is 2.61. The zero-order chi connectivity index (χ0) is 19.7. The molecule has 0 spiro atoms. The van der Waals surface area contributed by atoms with Crippen molar-refractivity contribution in [3.8, 4) is 0 Å². The van der Waals surface area contributed by atoms with Crippen molar-refractivity contribution in [2.45, 2.75) is 24.7 Å². The van der Waals surface area contributed by atoms with E-state index < -0.39 is 10.0 Å². The maximum absolute atomic E-state index is 13.0. The van der Waals surface area contributed by atoms with Gasteiger partial charge in [0.1, 0.15) is 17.5 Å². The highest BCUT2D eigenvalue weighted by Gasteiger charge is 2.30. The second-order valence-corrected chi connectivity index (χ2v) is 9.91. The Morgan fingerprint density at radius 3 is 2.07 bits per heavy atom. The molecule has 9 heteroatoms. The Bertz CT molecular complexity index is 955. The predicted molar refractivity (Wildman–Crippen MR) is 113 cm³/mol. The summed E-state index contributed by atoms with van der Waals surface area (Å²) in [7, 11) is -3.51. The van der Waals surface area contributed by atoms with E-state index in [1.54, 1.807) is 22.5 Å². The average Bonchev–Trinajstić information content (AvgIpc) is 3.23. The largest absolute Gasteiger partial charge is 0.356 e. The Morgan fingerprint density at radius 2 is 1.46 bits per heavy atom. The second-order valence-electron chi connectivity index (χ2n) is 7.15. The molecule has 1 aromatic carbocycles. The molecule has 150 valence electrons. The SMILES string of the molecule is Cc1nc(N2CCCC2)cc(N2CCN(S(=O)(=O)c3ccccc3Br)CC2)n1. The minimum atomic E-state index is -3.51. The van der Waals surface area contributed by atoms with E-state index in [2.05, 4.69) is 35.7 Å². The van der Waals surface area contributed by atoms with Crippen molar-refractivity contribution < 1.29 is 8.42 Å². The quantitative estimate of drug-likeness (QED) is 0.690. The van der Waals surface area contributed by atoms with Crippen LogP contribution >= 0.6 is 15.9 Å². The summed E-state index contributed by atoms with van der Waals surface area (Å²) in [4.78, 5) is 14.0. The van der Waals surface area contributed by atoms with Crippen molar-refractivity contribution in [2.24, 2.45) is 0 Å². The van der Waals surface area contributed by atoms with Crippen LogP contribution in [0.1, 0.15) is 18.7 Å². The normalized spacial score (nSPS) is 18.6. The molecule has 2 aliphatic rings. The van der Waals surface area contributed by atoms with Crippen molar-refractivity contribution in [2.75, 3.05) is 49.1 Å². The summed E-state index contributed by atoms with van der Waals surface area (Å²) < 4.78 is 28.1. The number of benzene rings is 1. The van der Waals surface area contributed by atoms with E-state index >= 15 is 0 Å². The van der Waals surface area contributed by atoms with Crippen LogP contribution in [0.4, 0.5) is 11.6 Å². The highest BCUT2D eigenvalue weighted by molar-refractivity contribution is 9.10. The second kappa shape index (κ2) is 7.96. The van der Waals surface area contributed by atoms with E-state index in [0.717, 1.165) is 30.5 Å². The molecule has 3 heterocycles. The van der Waals surface area contributed by atoms with Gasteiger partial charge in [0.25, 0.3) is 0 Å². The standard InChI is InChI=1S/C19H24BrN5O2S/c1-15-21-18(23-8-4-5-9-23)14-19(22-15)24-10-12-25(13-11-24)28(26,27)17-7-3-2-6-16(17)20/h2-3,6-7,14H,4-5,8-13H2,1H3. The summed E-state index contributed by atoms with van der Waals surface area (Å²) in [6.45, 7) is 6.08. The van der Waals surface area contributed by atoms with Crippen molar-refractivity contribution in [1.29, 1.82) is 0 Å². The van der Waals surface area contributed by atoms with Gasteiger partial charge in [0.15, 0.2) is 0 Å². The van der Waals surface area contributed by atoms with Gasteiger partial charge in [-0.15, -0.1) is 0 Å². The van der Waals surface area contributed by atoms with Gasteiger partial charge in [-0.3, -0.25) is 0 Å². The van der Waals surface area contributed by atoms with Crippen LogP contribution in [-0.4, -0.2) is 62.0 Å². The van der Waals surface area contributed by atoms with E-state index in [9.17, 15) is 8.42 Å². The minimum absolute atomic E-state index is 0.317. The molecule has 2 aromatic rings. The van der Waals surface area contributed by atoms with Crippen molar-refractivity contribution in [3.63, 3.8) is 0 Å². The number of nitrogens with zero attached hydrogens (tertiary/aromatic N) is 5. The van der Waals surface area contributed by atoms with Crippen molar-refractivity contribution in [1.82, 2.24) is 14.3 Å². The van der Waals surface area contributed by atoms with Crippen LogP contribution in [0.5, 0.6) is 0 Å². The van der Waals surface area contributed by atoms with Crippen molar-refractivity contribution in [3.05, 3.63) is 40.6 Å². The van der Waals surface area contributed by atoms with Gasteiger partial charge < -0.3 is 9.80 Å².